The van der Waals surface area contributed by atoms with Crippen LogP contribution < -0.4 is 5.32 Å². The fourth-order valence-electron chi connectivity index (χ4n) is 1.43. The van der Waals surface area contributed by atoms with Crippen molar-refractivity contribution in [3.05, 3.63) is 40.6 Å². The third-order valence-corrected chi connectivity index (χ3v) is 2.51. The van der Waals surface area contributed by atoms with Gasteiger partial charge in [-0.15, -0.1) is 0 Å². The maximum absolute atomic E-state index is 10.9. The van der Waals surface area contributed by atoms with E-state index in [1.165, 1.54) is 13.0 Å². The van der Waals surface area contributed by atoms with Gasteiger partial charge in [0.05, 0.1) is 0 Å². The molecular weight excluding hydrogens is 273 g/mol. The van der Waals surface area contributed by atoms with Crippen molar-refractivity contribution >= 4 is 34.8 Å². The molecule has 2 rings (SSSR count). The average Bonchev–Trinajstić information content (AvgIpc) is 2.27. The molecule has 0 spiro atoms. The van der Waals surface area contributed by atoms with E-state index in [9.17, 15) is 4.79 Å². The minimum absolute atomic E-state index is 0.121. The molecule has 1 aromatic heterocycles. The number of carbonyl (C=O) groups excluding carboxylic acids is 1. The summed E-state index contributed by atoms with van der Waals surface area (Å²) in [5.41, 5.74) is 1.48. The summed E-state index contributed by atoms with van der Waals surface area (Å²) in [6.45, 7) is 1.45. The highest BCUT2D eigenvalue weighted by atomic mass is 35.5. The molecule has 0 aliphatic carbocycles. The van der Waals surface area contributed by atoms with Crippen LogP contribution >= 0.6 is 23.2 Å². The van der Waals surface area contributed by atoms with Crippen LogP contribution in [0.4, 0.5) is 5.69 Å². The highest BCUT2D eigenvalue weighted by Crippen LogP contribution is 2.21. The van der Waals surface area contributed by atoms with E-state index in [2.05, 4.69) is 15.3 Å². The van der Waals surface area contributed by atoms with Gasteiger partial charge >= 0.3 is 0 Å². The van der Waals surface area contributed by atoms with Crippen LogP contribution in [-0.2, 0) is 4.79 Å². The van der Waals surface area contributed by atoms with Gasteiger partial charge in [-0.05, 0) is 24.3 Å². The van der Waals surface area contributed by atoms with Crippen molar-refractivity contribution in [1.82, 2.24) is 9.97 Å². The van der Waals surface area contributed by atoms with Crippen LogP contribution in [0.3, 0.4) is 0 Å². The molecule has 0 fully saturated rings. The van der Waals surface area contributed by atoms with Crippen LogP contribution in [0.15, 0.2) is 30.3 Å². The molecule has 0 aliphatic rings. The number of hydrogen-bond acceptors (Lipinski definition) is 3. The zero-order valence-corrected chi connectivity index (χ0v) is 11.0. The number of amides is 1. The number of aromatic nitrogens is 2. The van der Waals surface area contributed by atoms with Crippen molar-refractivity contribution in [2.75, 3.05) is 5.32 Å². The Kier molecular flexibility index (Phi) is 3.79. The van der Waals surface area contributed by atoms with Crippen LogP contribution in [0, 0.1) is 0 Å². The summed E-state index contributed by atoms with van der Waals surface area (Å²) in [6.07, 6.45) is 0. The molecule has 1 N–H and O–H groups in total. The summed E-state index contributed by atoms with van der Waals surface area (Å²) in [6, 6.07) is 8.56. The lowest BCUT2D eigenvalue weighted by molar-refractivity contribution is -0.114. The van der Waals surface area contributed by atoms with Crippen LogP contribution in [0.25, 0.3) is 11.4 Å². The molecular formula is C12H9Cl2N3O. The van der Waals surface area contributed by atoms with E-state index in [0.29, 0.717) is 11.5 Å². The Hall–Kier alpha value is -1.65. The fraction of sp³-hybridized carbons (Fsp3) is 0.0833. The van der Waals surface area contributed by atoms with Gasteiger partial charge in [0, 0.05) is 24.2 Å². The molecule has 0 bridgehead atoms. The third-order valence-electron chi connectivity index (χ3n) is 2.13. The van der Waals surface area contributed by atoms with Crippen molar-refractivity contribution in [1.29, 1.82) is 0 Å². The Bertz CT molecular complexity index is 564. The van der Waals surface area contributed by atoms with E-state index >= 15 is 0 Å². The van der Waals surface area contributed by atoms with Crippen molar-refractivity contribution in [2.45, 2.75) is 6.92 Å². The first-order chi connectivity index (χ1) is 8.54. The minimum Gasteiger partial charge on any atom is -0.326 e. The predicted octanol–water partition coefficient (Wildman–Crippen LogP) is 3.41. The number of halogens is 2. The lowest BCUT2D eigenvalue weighted by Gasteiger charge is -2.04. The molecule has 4 nitrogen and oxygen atoms in total. The van der Waals surface area contributed by atoms with Gasteiger partial charge in [-0.25, -0.2) is 9.97 Å². The summed E-state index contributed by atoms with van der Waals surface area (Å²) >= 11 is 11.6. The molecule has 0 saturated carbocycles. The number of hydrogen-bond donors (Lipinski definition) is 1. The largest absolute Gasteiger partial charge is 0.326 e. The fourth-order valence-corrected chi connectivity index (χ4v) is 1.85. The minimum atomic E-state index is -0.121. The molecule has 0 aliphatic heterocycles. The Balaban J connectivity index is 2.31. The van der Waals surface area contributed by atoms with Gasteiger partial charge < -0.3 is 5.32 Å². The number of nitrogens with one attached hydrogen (secondary N) is 1. The van der Waals surface area contributed by atoms with Gasteiger partial charge in [-0.2, -0.15) is 0 Å². The van der Waals surface area contributed by atoms with Gasteiger partial charge in [0.25, 0.3) is 0 Å². The topological polar surface area (TPSA) is 54.9 Å². The van der Waals surface area contributed by atoms with Crippen LogP contribution in [-0.4, -0.2) is 15.9 Å². The predicted molar refractivity (Wildman–Crippen MR) is 71.8 cm³/mol. The Morgan fingerprint density at radius 2 is 1.67 bits per heavy atom. The molecule has 6 heteroatoms. The van der Waals surface area contributed by atoms with Crippen LogP contribution in [0.2, 0.25) is 10.3 Å². The van der Waals surface area contributed by atoms with Gasteiger partial charge in [0.2, 0.25) is 5.91 Å². The Labute approximate surface area is 114 Å². The first-order valence-corrected chi connectivity index (χ1v) is 5.88. The SMILES string of the molecule is CC(=O)Nc1ccc(-c2nc(Cl)cc(Cl)n2)cc1. The molecule has 0 saturated heterocycles. The van der Waals surface area contributed by atoms with Crippen LogP contribution in [0.1, 0.15) is 6.92 Å². The molecule has 0 atom stereocenters. The highest BCUT2D eigenvalue weighted by molar-refractivity contribution is 6.33. The average molecular weight is 282 g/mol. The van der Waals surface area contributed by atoms with E-state index in [1.54, 1.807) is 24.3 Å². The summed E-state index contributed by atoms with van der Waals surface area (Å²) in [7, 11) is 0. The number of carbonyl (C=O) groups is 1. The third kappa shape index (κ3) is 3.18. The normalized spacial score (nSPS) is 10.2. The van der Waals surface area contributed by atoms with Gasteiger partial charge in [0.15, 0.2) is 5.82 Å². The second kappa shape index (κ2) is 5.33. The number of rotatable bonds is 2. The Morgan fingerprint density at radius 3 is 2.17 bits per heavy atom. The second-order valence-corrected chi connectivity index (χ2v) is 4.37. The van der Waals surface area contributed by atoms with Gasteiger partial charge in [-0.3, -0.25) is 4.79 Å². The van der Waals surface area contributed by atoms with E-state index < -0.39 is 0 Å². The molecule has 0 unspecified atom stereocenters. The molecule has 1 amide bonds. The standard InChI is InChI=1S/C12H9Cl2N3O/c1-7(18)15-9-4-2-8(3-5-9)12-16-10(13)6-11(14)17-12/h2-6H,1H3,(H,15,18). The summed E-state index contributed by atoms with van der Waals surface area (Å²) in [5.74, 6) is 0.326. The number of anilines is 1. The summed E-state index contributed by atoms with van der Waals surface area (Å²) < 4.78 is 0. The molecule has 0 radical (unpaired) electrons. The quantitative estimate of drug-likeness (QED) is 0.859. The van der Waals surface area contributed by atoms with Crippen LogP contribution in [0.5, 0.6) is 0 Å². The first kappa shape index (κ1) is 12.8. The maximum atomic E-state index is 10.9. The van der Waals surface area contributed by atoms with E-state index in [4.69, 9.17) is 23.2 Å². The van der Waals surface area contributed by atoms with Gasteiger partial charge in [-0.1, -0.05) is 23.2 Å². The van der Waals surface area contributed by atoms with E-state index in [1.807, 2.05) is 0 Å². The molecule has 2 aromatic rings. The zero-order chi connectivity index (χ0) is 13.1. The smallest absolute Gasteiger partial charge is 0.221 e. The zero-order valence-electron chi connectivity index (χ0n) is 9.45. The van der Waals surface area contributed by atoms with E-state index in [0.717, 1.165) is 5.56 Å². The monoisotopic (exact) mass is 281 g/mol. The summed E-state index contributed by atoms with van der Waals surface area (Å²) in [5, 5.41) is 3.25. The number of benzene rings is 1. The van der Waals surface area contributed by atoms with E-state index in [-0.39, 0.29) is 16.2 Å². The lowest BCUT2D eigenvalue weighted by Crippen LogP contribution is -2.05. The van der Waals surface area contributed by atoms with Crippen molar-refractivity contribution < 1.29 is 4.79 Å². The summed E-state index contributed by atoms with van der Waals surface area (Å²) in [4.78, 5) is 19.0. The molecule has 18 heavy (non-hydrogen) atoms. The molecule has 1 aromatic carbocycles. The lowest BCUT2D eigenvalue weighted by atomic mass is 10.2. The van der Waals surface area contributed by atoms with Crippen molar-refractivity contribution in [3.8, 4) is 11.4 Å². The highest BCUT2D eigenvalue weighted by Gasteiger charge is 2.05. The molecule has 1 heterocycles. The van der Waals surface area contributed by atoms with Crippen molar-refractivity contribution in [3.63, 3.8) is 0 Å². The molecule has 92 valence electrons. The Morgan fingerprint density at radius 1 is 1.11 bits per heavy atom. The number of nitrogens with zero attached hydrogens (tertiary/aromatic N) is 2. The first-order valence-electron chi connectivity index (χ1n) is 5.13. The van der Waals surface area contributed by atoms with Crippen molar-refractivity contribution in [2.24, 2.45) is 0 Å². The van der Waals surface area contributed by atoms with Gasteiger partial charge in [0.1, 0.15) is 10.3 Å². The second-order valence-electron chi connectivity index (χ2n) is 3.60. The maximum Gasteiger partial charge on any atom is 0.221 e.